The third kappa shape index (κ3) is 2.72. The molecule has 2 fully saturated rings. The predicted molar refractivity (Wildman–Crippen MR) is 73.7 cm³/mol. The molecular weight excluding hydrogens is 240 g/mol. The van der Waals surface area contributed by atoms with Crippen molar-refractivity contribution in [3.63, 3.8) is 0 Å². The van der Waals surface area contributed by atoms with Gasteiger partial charge in [0.1, 0.15) is 5.82 Å². The molecule has 0 amide bonds. The molecule has 1 saturated heterocycles. The minimum Gasteiger partial charge on any atom is -0.393 e. The molecular formula is C14H22N4O. The van der Waals surface area contributed by atoms with E-state index in [1.807, 2.05) is 13.1 Å². The fourth-order valence-electron chi connectivity index (χ4n) is 3.40. The van der Waals surface area contributed by atoms with Crippen molar-refractivity contribution < 1.29 is 5.11 Å². The summed E-state index contributed by atoms with van der Waals surface area (Å²) in [4.78, 5) is 11.2. The molecule has 3 unspecified atom stereocenters. The lowest BCUT2D eigenvalue weighted by Gasteiger charge is -2.17. The second-order valence-electron chi connectivity index (χ2n) is 5.69. The highest BCUT2D eigenvalue weighted by Gasteiger charge is 2.41. The van der Waals surface area contributed by atoms with E-state index in [9.17, 15) is 5.11 Å². The first kappa shape index (κ1) is 12.8. The molecule has 0 spiro atoms. The molecule has 5 nitrogen and oxygen atoms in total. The van der Waals surface area contributed by atoms with Gasteiger partial charge < -0.3 is 10.4 Å². The number of fused-ring (bicyclic) bond motifs is 1. The lowest BCUT2D eigenvalue weighted by Crippen LogP contribution is -2.24. The van der Waals surface area contributed by atoms with Crippen LogP contribution >= 0.6 is 0 Å². The van der Waals surface area contributed by atoms with E-state index in [0.717, 1.165) is 44.1 Å². The average molecular weight is 262 g/mol. The summed E-state index contributed by atoms with van der Waals surface area (Å²) in [6, 6.07) is 0. The van der Waals surface area contributed by atoms with E-state index >= 15 is 0 Å². The maximum absolute atomic E-state index is 9.92. The summed E-state index contributed by atoms with van der Waals surface area (Å²) >= 11 is 0. The molecule has 1 aromatic rings. The van der Waals surface area contributed by atoms with Gasteiger partial charge in [0.2, 0.25) is 0 Å². The van der Waals surface area contributed by atoms with Gasteiger partial charge in [-0.1, -0.05) is 0 Å². The number of aliphatic hydroxyl groups excluding tert-OH is 1. The van der Waals surface area contributed by atoms with Crippen LogP contribution < -0.4 is 5.32 Å². The van der Waals surface area contributed by atoms with Gasteiger partial charge >= 0.3 is 0 Å². The lowest BCUT2D eigenvalue weighted by atomic mass is 10.00. The smallest absolute Gasteiger partial charge is 0.144 e. The van der Waals surface area contributed by atoms with Crippen LogP contribution in [0, 0.1) is 11.8 Å². The largest absolute Gasteiger partial charge is 0.393 e. The van der Waals surface area contributed by atoms with Gasteiger partial charge in [0, 0.05) is 32.1 Å². The van der Waals surface area contributed by atoms with Crippen molar-refractivity contribution in [3.8, 4) is 0 Å². The molecule has 1 aromatic heterocycles. The van der Waals surface area contributed by atoms with E-state index in [4.69, 9.17) is 0 Å². The average Bonchev–Trinajstić information content (AvgIpc) is 2.95. The van der Waals surface area contributed by atoms with Crippen molar-refractivity contribution in [3.05, 3.63) is 18.1 Å². The fourth-order valence-corrected chi connectivity index (χ4v) is 3.40. The number of nitrogens with one attached hydrogen (secondary N) is 1. The number of likely N-dealkylation sites (tertiary alicyclic amines) is 1. The first-order valence-electron chi connectivity index (χ1n) is 7.21. The van der Waals surface area contributed by atoms with Gasteiger partial charge in [0.25, 0.3) is 0 Å². The maximum Gasteiger partial charge on any atom is 0.144 e. The summed E-state index contributed by atoms with van der Waals surface area (Å²) in [7, 11) is 0. The summed E-state index contributed by atoms with van der Waals surface area (Å²) in [6.45, 7) is 5.85. The van der Waals surface area contributed by atoms with E-state index in [1.54, 1.807) is 6.20 Å². The van der Waals surface area contributed by atoms with E-state index in [2.05, 4.69) is 20.2 Å². The van der Waals surface area contributed by atoms with Gasteiger partial charge in [-0.15, -0.1) is 0 Å². The van der Waals surface area contributed by atoms with Crippen molar-refractivity contribution >= 4 is 5.82 Å². The second kappa shape index (κ2) is 5.43. The van der Waals surface area contributed by atoms with Crippen LogP contribution in [0.2, 0.25) is 0 Å². The summed E-state index contributed by atoms with van der Waals surface area (Å²) in [6.07, 6.45) is 5.72. The monoisotopic (exact) mass is 262 g/mol. The van der Waals surface area contributed by atoms with Crippen molar-refractivity contribution in [2.45, 2.75) is 32.4 Å². The zero-order valence-electron chi connectivity index (χ0n) is 11.4. The van der Waals surface area contributed by atoms with Crippen molar-refractivity contribution in [2.75, 3.05) is 25.0 Å². The number of hydrogen-bond donors (Lipinski definition) is 2. The summed E-state index contributed by atoms with van der Waals surface area (Å²) < 4.78 is 0. The van der Waals surface area contributed by atoms with E-state index in [0.29, 0.717) is 11.8 Å². The first-order valence-corrected chi connectivity index (χ1v) is 7.21. The molecule has 2 aliphatic rings. The van der Waals surface area contributed by atoms with Gasteiger partial charge in [-0.05, 0) is 25.7 Å². The van der Waals surface area contributed by atoms with Crippen LogP contribution in [0.3, 0.4) is 0 Å². The Balaban J connectivity index is 1.57. The van der Waals surface area contributed by atoms with Crippen LogP contribution in [-0.2, 0) is 6.54 Å². The number of rotatable bonds is 4. The van der Waals surface area contributed by atoms with E-state index in [1.165, 1.54) is 6.42 Å². The lowest BCUT2D eigenvalue weighted by molar-refractivity contribution is 0.123. The van der Waals surface area contributed by atoms with Crippen molar-refractivity contribution in [1.82, 2.24) is 14.9 Å². The molecule has 104 valence electrons. The molecule has 2 N–H and O–H groups in total. The number of aromatic nitrogens is 2. The Bertz CT molecular complexity index is 422. The topological polar surface area (TPSA) is 61.3 Å². The molecule has 2 heterocycles. The summed E-state index contributed by atoms with van der Waals surface area (Å²) in [5.74, 6) is 2.00. The van der Waals surface area contributed by atoms with Crippen LogP contribution in [0.1, 0.15) is 25.5 Å². The molecule has 0 bridgehead atoms. The highest BCUT2D eigenvalue weighted by Crippen LogP contribution is 2.38. The second-order valence-corrected chi connectivity index (χ2v) is 5.69. The highest BCUT2D eigenvalue weighted by atomic mass is 16.3. The van der Waals surface area contributed by atoms with Gasteiger partial charge in [-0.3, -0.25) is 9.88 Å². The molecule has 3 rings (SSSR count). The Labute approximate surface area is 114 Å². The van der Waals surface area contributed by atoms with Crippen LogP contribution in [-0.4, -0.2) is 45.7 Å². The van der Waals surface area contributed by atoms with Gasteiger partial charge in [-0.25, -0.2) is 4.98 Å². The Morgan fingerprint density at radius 2 is 2.21 bits per heavy atom. The van der Waals surface area contributed by atoms with Crippen molar-refractivity contribution in [2.24, 2.45) is 11.8 Å². The van der Waals surface area contributed by atoms with E-state index in [-0.39, 0.29) is 6.10 Å². The number of anilines is 1. The Morgan fingerprint density at radius 1 is 1.32 bits per heavy atom. The number of hydrogen-bond acceptors (Lipinski definition) is 5. The van der Waals surface area contributed by atoms with Crippen LogP contribution in [0.4, 0.5) is 5.82 Å². The quantitative estimate of drug-likeness (QED) is 0.851. The van der Waals surface area contributed by atoms with Gasteiger partial charge in [0.05, 0.1) is 24.2 Å². The highest BCUT2D eigenvalue weighted by molar-refractivity contribution is 5.30. The third-order valence-corrected chi connectivity index (χ3v) is 4.34. The Kier molecular flexibility index (Phi) is 3.66. The van der Waals surface area contributed by atoms with Gasteiger partial charge in [-0.2, -0.15) is 0 Å². The molecule has 3 atom stereocenters. The summed E-state index contributed by atoms with van der Waals surface area (Å²) in [5, 5.41) is 13.1. The van der Waals surface area contributed by atoms with E-state index < -0.39 is 0 Å². The predicted octanol–water partition coefficient (Wildman–Crippen LogP) is 1.11. The fraction of sp³-hybridized carbons (Fsp3) is 0.714. The minimum atomic E-state index is -0.0859. The van der Waals surface area contributed by atoms with Crippen LogP contribution in [0.25, 0.3) is 0 Å². The molecule has 1 aliphatic heterocycles. The zero-order valence-corrected chi connectivity index (χ0v) is 11.4. The molecule has 1 aliphatic carbocycles. The SMILES string of the molecule is CCNc1cnc(CN2CC3CCC(O)C3C2)cn1. The number of nitrogens with zero attached hydrogens (tertiary/aromatic N) is 3. The standard InChI is InChI=1S/C14H22N4O/c1-2-15-14-6-16-11(5-17-14)8-18-7-10-3-4-13(19)12(10)9-18/h5-6,10,12-13,19H,2-4,7-9H2,1H3,(H,15,17). The number of aliphatic hydroxyl groups is 1. The zero-order chi connectivity index (χ0) is 13.2. The van der Waals surface area contributed by atoms with Crippen molar-refractivity contribution in [1.29, 1.82) is 0 Å². The van der Waals surface area contributed by atoms with Crippen LogP contribution in [0.15, 0.2) is 12.4 Å². The molecule has 5 heteroatoms. The minimum absolute atomic E-state index is 0.0859. The normalized spacial score (nSPS) is 30.5. The molecule has 0 radical (unpaired) electrons. The maximum atomic E-state index is 9.92. The van der Waals surface area contributed by atoms with Gasteiger partial charge in [0.15, 0.2) is 0 Å². The Hall–Kier alpha value is -1.20. The Morgan fingerprint density at radius 3 is 2.89 bits per heavy atom. The molecule has 0 aromatic carbocycles. The molecule has 1 saturated carbocycles. The summed E-state index contributed by atoms with van der Waals surface area (Å²) in [5.41, 5.74) is 1.01. The first-order chi connectivity index (χ1) is 9.26. The molecule has 19 heavy (non-hydrogen) atoms. The third-order valence-electron chi connectivity index (χ3n) is 4.34. The van der Waals surface area contributed by atoms with Crippen LogP contribution in [0.5, 0.6) is 0 Å².